The van der Waals surface area contributed by atoms with Gasteiger partial charge >= 0.3 is 11.9 Å². The Labute approximate surface area is 187 Å². The Kier molecular flexibility index (Phi) is 5.96. The third-order valence-corrected chi connectivity index (χ3v) is 5.79. The number of hydrogen-bond donors (Lipinski definition) is 2. The van der Waals surface area contributed by atoms with E-state index in [4.69, 9.17) is 9.84 Å². The number of amides is 1. The molecule has 7 nitrogen and oxygen atoms in total. The van der Waals surface area contributed by atoms with Crippen LogP contribution < -0.4 is 5.32 Å². The number of carbonyl (C=O) groups is 3. The van der Waals surface area contributed by atoms with Crippen LogP contribution in [0.2, 0.25) is 0 Å². The maximum absolute atomic E-state index is 12.9. The number of carbonyl (C=O) groups excluding carboxylic acids is 2. The van der Waals surface area contributed by atoms with E-state index in [0.717, 1.165) is 10.2 Å². The quantitative estimate of drug-likeness (QED) is 0.410. The molecule has 1 unspecified atom stereocenters. The third kappa shape index (κ3) is 4.50. The van der Waals surface area contributed by atoms with Crippen molar-refractivity contribution >= 4 is 45.1 Å². The Bertz CT molecular complexity index is 1280. The average Bonchev–Trinajstić information content (AvgIpc) is 3.23. The maximum Gasteiger partial charge on any atom is 0.339 e. The summed E-state index contributed by atoms with van der Waals surface area (Å²) < 4.78 is 6.41. The second kappa shape index (κ2) is 8.99. The number of esters is 1. The number of thiazole rings is 1. The summed E-state index contributed by atoms with van der Waals surface area (Å²) in [5, 5.41) is 12.2. The van der Waals surface area contributed by atoms with Crippen LogP contribution in [0.15, 0.2) is 72.8 Å². The molecule has 0 fully saturated rings. The SMILES string of the molecule is CC(OC(=O)c1ccccc1-c1nc2ccccc2s1)C(=O)Nc1ccc(C(=O)O)cc1. The van der Waals surface area contributed by atoms with Crippen molar-refractivity contribution in [3.05, 3.63) is 83.9 Å². The van der Waals surface area contributed by atoms with Gasteiger partial charge in [-0.15, -0.1) is 11.3 Å². The smallest absolute Gasteiger partial charge is 0.339 e. The van der Waals surface area contributed by atoms with Gasteiger partial charge in [-0.2, -0.15) is 0 Å². The van der Waals surface area contributed by atoms with E-state index in [-0.39, 0.29) is 5.56 Å². The molecule has 1 atom stereocenters. The molecular weight excluding hydrogens is 428 g/mol. The zero-order valence-corrected chi connectivity index (χ0v) is 17.8. The van der Waals surface area contributed by atoms with Gasteiger partial charge in [-0.25, -0.2) is 14.6 Å². The topological polar surface area (TPSA) is 106 Å². The van der Waals surface area contributed by atoms with Gasteiger partial charge in [-0.1, -0.05) is 30.3 Å². The van der Waals surface area contributed by atoms with Crippen LogP contribution in [-0.2, 0) is 9.53 Å². The van der Waals surface area contributed by atoms with Gasteiger partial charge in [0.2, 0.25) is 0 Å². The van der Waals surface area contributed by atoms with Gasteiger partial charge < -0.3 is 15.2 Å². The average molecular weight is 446 g/mol. The number of carboxylic acid groups (broad SMARTS) is 1. The summed E-state index contributed by atoms with van der Waals surface area (Å²) in [5.74, 6) is -2.22. The molecule has 0 saturated carbocycles. The molecule has 32 heavy (non-hydrogen) atoms. The lowest BCUT2D eigenvalue weighted by atomic mass is 10.1. The lowest BCUT2D eigenvalue weighted by Gasteiger charge is -2.14. The number of benzene rings is 3. The Morgan fingerprint density at radius 1 is 0.969 bits per heavy atom. The van der Waals surface area contributed by atoms with E-state index in [9.17, 15) is 14.4 Å². The molecule has 4 rings (SSSR count). The lowest BCUT2D eigenvalue weighted by molar-refractivity contribution is -0.123. The van der Waals surface area contributed by atoms with Crippen molar-refractivity contribution in [1.29, 1.82) is 0 Å². The fourth-order valence-electron chi connectivity index (χ4n) is 3.05. The summed E-state index contributed by atoms with van der Waals surface area (Å²) in [7, 11) is 0. The first-order valence-electron chi connectivity index (χ1n) is 9.72. The first-order chi connectivity index (χ1) is 15.4. The standard InChI is InChI=1S/C24H18N2O5S/c1-14(21(27)25-16-12-10-15(11-13-16)23(28)29)31-24(30)18-7-3-2-6-17(18)22-26-19-8-4-5-9-20(19)32-22/h2-14H,1H3,(H,25,27)(H,28,29). The maximum atomic E-state index is 12.9. The van der Waals surface area contributed by atoms with Gasteiger partial charge in [0, 0.05) is 11.3 Å². The highest BCUT2D eigenvalue weighted by molar-refractivity contribution is 7.21. The number of nitrogens with one attached hydrogen (secondary N) is 1. The Morgan fingerprint density at radius 3 is 2.38 bits per heavy atom. The van der Waals surface area contributed by atoms with Crippen LogP contribution in [0, 0.1) is 0 Å². The zero-order chi connectivity index (χ0) is 22.7. The number of para-hydroxylation sites is 1. The van der Waals surface area contributed by atoms with Crippen molar-refractivity contribution in [2.24, 2.45) is 0 Å². The number of aromatic nitrogens is 1. The minimum Gasteiger partial charge on any atom is -0.478 e. The highest BCUT2D eigenvalue weighted by Gasteiger charge is 2.22. The van der Waals surface area contributed by atoms with Crippen molar-refractivity contribution in [1.82, 2.24) is 4.98 Å². The van der Waals surface area contributed by atoms with Gasteiger partial charge in [-0.3, -0.25) is 4.79 Å². The summed E-state index contributed by atoms with van der Waals surface area (Å²) in [6.07, 6.45) is -1.06. The minimum absolute atomic E-state index is 0.105. The minimum atomic E-state index is -1.06. The normalized spacial score (nSPS) is 11.7. The molecule has 0 aliphatic heterocycles. The van der Waals surface area contributed by atoms with Crippen molar-refractivity contribution in [2.45, 2.75) is 13.0 Å². The number of aromatic carboxylic acids is 1. The van der Waals surface area contributed by atoms with Gasteiger partial charge in [0.25, 0.3) is 5.91 Å². The Morgan fingerprint density at radius 2 is 1.66 bits per heavy atom. The Balaban J connectivity index is 1.49. The summed E-state index contributed by atoms with van der Waals surface area (Å²) in [5.41, 5.74) is 2.30. The Hall–Kier alpha value is -4.04. The van der Waals surface area contributed by atoms with Crippen molar-refractivity contribution in [3.8, 4) is 10.6 Å². The van der Waals surface area contributed by atoms with Crippen LogP contribution in [0.4, 0.5) is 5.69 Å². The van der Waals surface area contributed by atoms with Gasteiger partial charge in [0.1, 0.15) is 5.01 Å². The van der Waals surface area contributed by atoms with Crippen molar-refractivity contribution < 1.29 is 24.2 Å². The summed E-state index contributed by atoms with van der Waals surface area (Å²) in [6, 6.07) is 20.4. The molecule has 2 N–H and O–H groups in total. The van der Waals surface area contributed by atoms with Crippen molar-refractivity contribution in [2.75, 3.05) is 5.32 Å². The molecule has 8 heteroatoms. The first-order valence-corrected chi connectivity index (χ1v) is 10.5. The summed E-state index contributed by atoms with van der Waals surface area (Å²) in [6.45, 7) is 1.47. The largest absolute Gasteiger partial charge is 0.478 e. The number of hydrogen-bond acceptors (Lipinski definition) is 6. The molecule has 0 aliphatic rings. The van der Waals surface area contributed by atoms with Crippen LogP contribution in [0.5, 0.6) is 0 Å². The van der Waals surface area contributed by atoms with Gasteiger partial charge in [0.05, 0.1) is 21.3 Å². The second-order valence-electron chi connectivity index (χ2n) is 6.95. The van der Waals surface area contributed by atoms with Gasteiger partial charge in [-0.05, 0) is 49.4 Å². The molecule has 4 aromatic rings. The number of ether oxygens (including phenoxy) is 1. The van der Waals surface area contributed by atoms with Gasteiger partial charge in [0.15, 0.2) is 6.10 Å². The van der Waals surface area contributed by atoms with E-state index in [1.807, 2.05) is 30.3 Å². The number of nitrogens with zero attached hydrogens (tertiary/aromatic N) is 1. The van der Waals surface area contributed by atoms with E-state index >= 15 is 0 Å². The fraction of sp³-hybridized carbons (Fsp3) is 0.0833. The van der Waals surface area contributed by atoms with E-state index < -0.39 is 23.9 Å². The molecule has 3 aromatic carbocycles. The van der Waals surface area contributed by atoms with E-state index in [0.29, 0.717) is 21.8 Å². The van der Waals surface area contributed by atoms with Crippen LogP contribution in [0.1, 0.15) is 27.6 Å². The molecule has 160 valence electrons. The molecule has 0 saturated heterocycles. The summed E-state index contributed by atoms with van der Waals surface area (Å²) >= 11 is 1.47. The van der Waals surface area contributed by atoms with E-state index in [1.54, 1.807) is 18.2 Å². The highest BCUT2D eigenvalue weighted by atomic mass is 32.1. The number of anilines is 1. The molecule has 0 bridgehead atoms. The van der Waals surface area contributed by atoms with E-state index in [2.05, 4.69) is 10.3 Å². The molecule has 0 aliphatic carbocycles. The first kappa shape index (κ1) is 21.2. The zero-order valence-electron chi connectivity index (χ0n) is 16.9. The predicted molar refractivity (Wildman–Crippen MR) is 122 cm³/mol. The highest BCUT2D eigenvalue weighted by Crippen LogP contribution is 2.32. The molecule has 1 amide bonds. The molecule has 0 spiro atoms. The van der Waals surface area contributed by atoms with Crippen LogP contribution in [0.25, 0.3) is 20.8 Å². The van der Waals surface area contributed by atoms with Crippen LogP contribution in [-0.4, -0.2) is 34.0 Å². The van der Waals surface area contributed by atoms with Crippen molar-refractivity contribution in [3.63, 3.8) is 0 Å². The van der Waals surface area contributed by atoms with Crippen LogP contribution in [0.3, 0.4) is 0 Å². The summed E-state index contributed by atoms with van der Waals surface area (Å²) in [4.78, 5) is 40.8. The lowest BCUT2D eigenvalue weighted by Crippen LogP contribution is -2.30. The third-order valence-electron chi connectivity index (χ3n) is 4.72. The number of carboxylic acids is 1. The second-order valence-corrected chi connectivity index (χ2v) is 7.98. The molecule has 1 heterocycles. The number of rotatable bonds is 6. The predicted octanol–water partition coefficient (Wildman–Crippen LogP) is 4.85. The molecule has 1 aromatic heterocycles. The van der Waals surface area contributed by atoms with E-state index in [1.165, 1.54) is 42.5 Å². The fourth-order valence-corrected chi connectivity index (χ4v) is 4.06. The monoisotopic (exact) mass is 446 g/mol. The van der Waals surface area contributed by atoms with Crippen LogP contribution >= 0.6 is 11.3 Å². The number of fused-ring (bicyclic) bond motifs is 1. The molecular formula is C24H18N2O5S. The molecule has 0 radical (unpaired) electrons.